The zero-order valence-corrected chi connectivity index (χ0v) is 13.5. The van der Waals surface area contributed by atoms with Gasteiger partial charge in [0.2, 0.25) is 0 Å². The Kier molecular flexibility index (Phi) is 5.60. The molecule has 2 rings (SSSR count). The van der Waals surface area contributed by atoms with E-state index in [2.05, 4.69) is 10.1 Å². The molecule has 0 saturated heterocycles. The van der Waals surface area contributed by atoms with E-state index >= 15 is 0 Å². The number of carbonyl (C=O) groups is 2. The van der Waals surface area contributed by atoms with Gasteiger partial charge in [-0.1, -0.05) is 11.6 Å². The molecule has 5 nitrogen and oxygen atoms in total. The molecule has 0 bridgehead atoms. The van der Waals surface area contributed by atoms with Gasteiger partial charge in [-0.15, -0.1) is 0 Å². The summed E-state index contributed by atoms with van der Waals surface area (Å²) in [4.78, 5) is 23.4. The second kappa shape index (κ2) is 7.65. The maximum absolute atomic E-state index is 11.9. The highest BCUT2D eigenvalue weighted by molar-refractivity contribution is 6.30. The van der Waals surface area contributed by atoms with Gasteiger partial charge in [-0.05, 0) is 55.0 Å². The number of carbonyl (C=O) groups excluding carboxylic acids is 2. The summed E-state index contributed by atoms with van der Waals surface area (Å²) in [6.07, 6.45) is 0. The smallest absolute Gasteiger partial charge is 0.337 e. The Bertz CT molecular complexity index is 713. The fraction of sp³-hybridized carbons (Fsp3) is 0.176. The molecule has 0 fully saturated rings. The van der Waals surface area contributed by atoms with Crippen LogP contribution in [0.3, 0.4) is 0 Å². The van der Waals surface area contributed by atoms with Gasteiger partial charge in [0.05, 0.1) is 12.7 Å². The number of amides is 1. The Morgan fingerprint density at radius 2 is 1.83 bits per heavy atom. The summed E-state index contributed by atoms with van der Waals surface area (Å²) in [7, 11) is 1.32. The van der Waals surface area contributed by atoms with Crippen LogP contribution < -0.4 is 10.1 Å². The molecule has 1 N–H and O–H groups in total. The van der Waals surface area contributed by atoms with Gasteiger partial charge in [0.25, 0.3) is 5.91 Å². The Morgan fingerprint density at radius 3 is 2.43 bits per heavy atom. The van der Waals surface area contributed by atoms with Gasteiger partial charge < -0.3 is 14.8 Å². The lowest BCUT2D eigenvalue weighted by Crippen LogP contribution is -2.20. The van der Waals surface area contributed by atoms with E-state index in [1.807, 2.05) is 0 Å². The van der Waals surface area contributed by atoms with Crippen LogP contribution in [0.1, 0.15) is 15.9 Å². The standard InChI is InChI=1S/C17H16ClNO4/c1-11-9-12(17(21)22-2)3-8-15(11)19-16(20)10-23-14-6-4-13(18)5-7-14/h3-9H,10H2,1-2H3,(H,19,20). The highest BCUT2D eigenvalue weighted by Gasteiger charge is 2.10. The first kappa shape index (κ1) is 16.8. The molecule has 0 saturated carbocycles. The van der Waals surface area contributed by atoms with Crippen molar-refractivity contribution in [3.05, 3.63) is 58.6 Å². The fourth-order valence-electron chi connectivity index (χ4n) is 1.91. The molecule has 0 heterocycles. The highest BCUT2D eigenvalue weighted by atomic mass is 35.5. The maximum Gasteiger partial charge on any atom is 0.337 e. The van der Waals surface area contributed by atoms with Crippen LogP contribution in [0.5, 0.6) is 5.75 Å². The number of anilines is 1. The van der Waals surface area contributed by atoms with Gasteiger partial charge in [0.1, 0.15) is 5.75 Å². The van der Waals surface area contributed by atoms with Crippen molar-refractivity contribution in [1.29, 1.82) is 0 Å². The molecule has 120 valence electrons. The molecule has 1 amide bonds. The van der Waals surface area contributed by atoms with Crippen LogP contribution in [0.4, 0.5) is 5.69 Å². The summed E-state index contributed by atoms with van der Waals surface area (Å²) in [6.45, 7) is 1.67. The van der Waals surface area contributed by atoms with Crippen LogP contribution in [0.15, 0.2) is 42.5 Å². The van der Waals surface area contributed by atoms with E-state index in [0.29, 0.717) is 22.0 Å². The van der Waals surface area contributed by atoms with Crippen molar-refractivity contribution >= 4 is 29.2 Å². The zero-order valence-electron chi connectivity index (χ0n) is 12.8. The molecule has 0 spiro atoms. The van der Waals surface area contributed by atoms with Gasteiger partial charge in [-0.3, -0.25) is 4.79 Å². The third-order valence-corrected chi connectivity index (χ3v) is 3.36. The Hall–Kier alpha value is -2.53. The topological polar surface area (TPSA) is 64.6 Å². The Morgan fingerprint density at radius 1 is 1.13 bits per heavy atom. The summed E-state index contributed by atoms with van der Waals surface area (Å²) < 4.78 is 10.0. The van der Waals surface area contributed by atoms with Gasteiger partial charge in [-0.25, -0.2) is 4.79 Å². The number of esters is 1. The van der Waals surface area contributed by atoms with E-state index in [9.17, 15) is 9.59 Å². The molecule has 6 heteroatoms. The number of hydrogen-bond donors (Lipinski definition) is 1. The summed E-state index contributed by atoms with van der Waals surface area (Å²) in [6, 6.07) is 11.6. The molecule has 0 atom stereocenters. The number of methoxy groups -OCH3 is 1. The second-order valence-corrected chi connectivity index (χ2v) is 5.25. The van der Waals surface area contributed by atoms with E-state index in [4.69, 9.17) is 16.3 Å². The van der Waals surface area contributed by atoms with Crippen LogP contribution in [0.25, 0.3) is 0 Å². The Balaban J connectivity index is 1.94. The predicted molar refractivity (Wildman–Crippen MR) is 88.1 cm³/mol. The lowest BCUT2D eigenvalue weighted by molar-refractivity contribution is -0.118. The van der Waals surface area contributed by atoms with E-state index in [1.54, 1.807) is 49.4 Å². The van der Waals surface area contributed by atoms with Crippen molar-refractivity contribution in [2.75, 3.05) is 19.0 Å². The predicted octanol–water partition coefficient (Wildman–Crippen LogP) is 3.45. The van der Waals surface area contributed by atoms with Crippen LogP contribution >= 0.6 is 11.6 Å². The number of rotatable bonds is 5. The second-order valence-electron chi connectivity index (χ2n) is 4.81. The van der Waals surface area contributed by atoms with Crippen molar-refractivity contribution < 1.29 is 19.1 Å². The summed E-state index contributed by atoms with van der Waals surface area (Å²) in [5, 5.41) is 3.33. The third-order valence-electron chi connectivity index (χ3n) is 3.11. The average Bonchev–Trinajstić information content (AvgIpc) is 2.55. The van der Waals surface area contributed by atoms with Crippen molar-refractivity contribution in [2.24, 2.45) is 0 Å². The molecule has 0 aromatic heterocycles. The SMILES string of the molecule is COC(=O)c1ccc(NC(=O)COc2ccc(Cl)cc2)c(C)c1. The normalized spacial score (nSPS) is 10.0. The summed E-state index contributed by atoms with van der Waals surface area (Å²) >= 11 is 5.78. The zero-order chi connectivity index (χ0) is 16.8. The molecular formula is C17H16ClNO4. The number of ether oxygens (including phenoxy) is 2. The fourth-order valence-corrected chi connectivity index (χ4v) is 2.04. The van der Waals surface area contributed by atoms with Gasteiger partial charge in [0.15, 0.2) is 6.61 Å². The van der Waals surface area contributed by atoms with Crippen molar-refractivity contribution in [1.82, 2.24) is 0 Å². The first-order valence-electron chi connectivity index (χ1n) is 6.87. The van der Waals surface area contributed by atoms with Crippen LogP contribution in [0.2, 0.25) is 5.02 Å². The minimum absolute atomic E-state index is 0.125. The number of nitrogens with one attached hydrogen (secondary N) is 1. The summed E-state index contributed by atoms with van der Waals surface area (Å²) in [5.41, 5.74) is 1.80. The molecule has 0 aliphatic carbocycles. The van der Waals surface area contributed by atoms with E-state index < -0.39 is 5.97 Å². The van der Waals surface area contributed by atoms with E-state index in [1.165, 1.54) is 7.11 Å². The monoisotopic (exact) mass is 333 g/mol. The lowest BCUT2D eigenvalue weighted by atomic mass is 10.1. The Labute approximate surface area is 139 Å². The van der Waals surface area contributed by atoms with E-state index in [-0.39, 0.29) is 12.5 Å². The number of benzene rings is 2. The molecule has 0 unspecified atom stereocenters. The molecule has 0 aliphatic rings. The first-order valence-corrected chi connectivity index (χ1v) is 7.24. The van der Waals surface area contributed by atoms with Gasteiger partial charge in [0, 0.05) is 10.7 Å². The van der Waals surface area contributed by atoms with E-state index in [0.717, 1.165) is 5.56 Å². The summed E-state index contributed by atoms with van der Waals surface area (Å²) in [5.74, 6) is -0.159. The molecule has 2 aromatic carbocycles. The van der Waals surface area contributed by atoms with Crippen LogP contribution in [0, 0.1) is 6.92 Å². The van der Waals surface area contributed by atoms with Crippen molar-refractivity contribution in [3.63, 3.8) is 0 Å². The van der Waals surface area contributed by atoms with Crippen LogP contribution in [-0.4, -0.2) is 25.6 Å². The van der Waals surface area contributed by atoms with Crippen LogP contribution in [-0.2, 0) is 9.53 Å². The third kappa shape index (κ3) is 4.72. The quantitative estimate of drug-likeness (QED) is 0.851. The lowest BCUT2D eigenvalue weighted by Gasteiger charge is -2.10. The molecular weight excluding hydrogens is 318 g/mol. The number of aryl methyl sites for hydroxylation is 1. The van der Waals surface area contributed by atoms with Gasteiger partial charge in [-0.2, -0.15) is 0 Å². The first-order chi connectivity index (χ1) is 11.0. The highest BCUT2D eigenvalue weighted by Crippen LogP contribution is 2.18. The molecule has 2 aromatic rings. The molecule has 23 heavy (non-hydrogen) atoms. The maximum atomic E-state index is 11.9. The minimum atomic E-state index is -0.419. The van der Waals surface area contributed by atoms with Crippen molar-refractivity contribution in [2.45, 2.75) is 6.92 Å². The number of halogens is 1. The average molecular weight is 334 g/mol. The van der Waals surface area contributed by atoms with Gasteiger partial charge >= 0.3 is 5.97 Å². The minimum Gasteiger partial charge on any atom is -0.484 e. The van der Waals surface area contributed by atoms with Crippen molar-refractivity contribution in [3.8, 4) is 5.75 Å². The molecule has 0 radical (unpaired) electrons. The molecule has 0 aliphatic heterocycles. The number of hydrogen-bond acceptors (Lipinski definition) is 4. The largest absolute Gasteiger partial charge is 0.484 e.